The van der Waals surface area contributed by atoms with Crippen molar-refractivity contribution in [3.8, 4) is 0 Å². The highest BCUT2D eigenvalue weighted by Crippen LogP contribution is 2.31. The molecule has 0 spiro atoms. The van der Waals surface area contributed by atoms with E-state index in [0.29, 0.717) is 30.6 Å². The summed E-state index contributed by atoms with van der Waals surface area (Å²) in [5, 5.41) is 2.84. The van der Waals surface area contributed by atoms with E-state index in [1.807, 2.05) is 0 Å². The number of nitrogens with one attached hydrogen (secondary N) is 1. The predicted molar refractivity (Wildman–Crippen MR) is 102 cm³/mol. The van der Waals surface area contributed by atoms with Crippen LogP contribution in [-0.2, 0) is 16.1 Å². The Balaban J connectivity index is 1.72. The molecule has 1 saturated heterocycles. The highest BCUT2D eigenvalue weighted by Gasteiger charge is 2.33. The summed E-state index contributed by atoms with van der Waals surface area (Å²) in [5.41, 5.74) is 2.15. The van der Waals surface area contributed by atoms with E-state index in [4.69, 9.17) is 0 Å². The zero-order chi connectivity index (χ0) is 20.3. The molecular formula is C22H24F2N2O2. The molecule has 4 nitrogen and oxygen atoms in total. The van der Waals surface area contributed by atoms with Crippen LogP contribution in [0.1, 0.15) is 36.0 Å². The van der Waals surface area contributed by atoms with Gasteiger partial charge in [0.15, 0.2) is 0 Å². The predicted octanol–water partition coefficient (Wildman–Crippen LogP) is 3.54. The standard InChI is InChI=1S/C22H24F2N2O2/c1-14-8-17(6-7-21(14)24)18-10-19(13-26(12-18)15(2)27)22(28)25-11-16-4-3-5-20(23)9-16/h3-9,18-19H,10-13H2,1-2H3,(H,25,28). The molecule has 0 aliphatic carbocycles. The highest BCUT2D eigenvalue weighted by molar-refractivity contribution is 5.81. The third-order valence-corrected chi connectivity index (χ3v) is 5.28. The highest BCUT2D eigenvalue weighted by atomic mass is 19.1. The Bertz CT molecular complexity index is 885. The summed E-state index contributed by atoms with van der Waals surface area (Å²) in [5.74, 6) is -1.29. The molecule has 2 aromatic rings. The third-order valence-electron chi connectivity index (χ3n) is 5.28. The maximum absolute atomic E-state index is 13.6. The SMILES string of the molecule is CC(=O)N1CC(C(=O)NCc2cccc(F)c2)CC(c2ccc(F)c(C)c2)C1. The van der Waals surface area contributed by atoms with E-state index in [-0.39, 0.29) is 41.8 Å². The van der Waals surface area contributed by atoms with Crippen LogP contribution in [0.25, 0.3) is 0 Å². The summed E-state index contributed by atoms with van der Waals surface area (Å²) < 4.78 is 26.9. The lowest BCUT2D eigenvalue weighted by molar-refractivity contribution is -0.134. The molecular weight excluding hydrogens is 362 g/mol. The summed E-state index contributed by atoms with van der Waals surface area (Å²) in [6.07, 6.45) is 0.573. The van der Waals surface area contributed by atoms with E-state index in [2.05, 4.69) is 5.32 Å². The van der Waals surface area contributed by atoms with Crippen molar-refractivity contribution in [3.05, 3.63) is 70.8 Å². The smallest absolute Gasteiger partial charge is 0.225 e. The molecule has 2 unspecified atom stereocenters. The maximum atomic E-state index is 13.6. The quantitative estimate of drug-likeness (QED) is 0.874. The van der Waals surface area contributed by atoms with Crippen LogP contribution in [0.4, 0.5) is 8.78 Å². The van der Waals surface area contributed by atoms with E-state index >= 15 is 0 Å². The first kappa shape index (κ1) is 20.0. The van der Waals surface area contributed by atoms with Crippen LogP contribution >= 0.6 is 0 Å². The first-order valence-corrected chi connectivity index (χ1v) is 9.37. The van der Waals surface area contributed by atoms with Crippen molar-refractivity contribution in [3.63, 3.8) is 0 Å². The van der Waals surface area contributed by atoms with Crippen LogP contribution in [0.15, 0.2) is 42.5 Å². The van der Waals surface area contributed by atoms with Crippen molar-refractivity contribution in [2.75, 3.05) is 13.1 Å². The molecule has 0 bridgehead atoms. The summed E-state index contributed by atoms with van der Waals surface area (Å²) >= 11 is 0. The fourth-order valence-corrected chi connectivity index (χ4v) is 3.69. The minimum absolute atomic E-state index is 0.0399. The van der Waals surface area contributed by atoms with Crippen molar-refractivity contribution in [2.45, 2.75) is 32.7 Å². The number of carbonyl (C=O) groups excluding carboxylic acids is 2. The number of hydrogen-bond donors (Lipinski definition) is 1. The molecule has 2 amide bonds. The van der Waals surface area contributed by atoms with Gasteiger partial charge in [0, 0.05) is 32.5 Å². The lowest BCUT2D eigenvalue weighted by Gasteiger charge is -2.37. The van der Waals surface area contributed by atoms with Gasteiger partial charge in [-0.15, -0.1) is 0 Å². The fraction of sp³-hybridized carbons (Fsp3) is 0.364. The molecule has 3 rings (SSSR count). The molecule has 1 aliphatic heterocycles. The Morgan fingerprint density at radius 1 is 1.14 bits per heavy atom. The lowest BCUT2D eigenvalue weighted by atomic mass is 9.83. The Labute approximate surface area is 163 Å². The van der Waals surface area contributed by atoms with E-state index in [0.717, 1.165) is 5.56 Å². The van der Waals surface area contributed by atoms with Crippen LogP contribution in [0, 0.1) is 24.5 Å². The Kier molecular flexibility index (Phi) is 6.07. The number of aryl methyl sites for hydroxylation is 1. The molecule has 1 heterocycles. The number of piperidine rings is 1. The number of hydrogen-bond acceptors (Lipinski definition) is 2. The molecule has 1 fully saturated rings. The monoisotopic (exact) mass is 386 g/mol. The summed E-state index contributed by atoms with van der Waals surface area (Å²) in [6, 6.07) is 11.0. The molecule has 148 valence electrons. The van der Waals surface area contributed by atoms with Gasteiger partial charge < -0.3 is 10.2 Å². The topological polar surface area (TPSA) is 49.4 Å². The third kappa shape index (κ3) is 4.74. The van der Waals surface area contributed by atoms with Gasteiger partial charge in [0.1, 0.15) is 11.6 Å². The molecule has 0 saturated carbocycles. The van der Waals surface area contributed by atoms with Gasteiger partial charge in [-0.05, 0) is 48.2 Å². The van der Waals surface area contributed by atoms with Gasteiger partial charge in [-0.2, -0.15) is 0 Å². The normalized spacial score (nSPS) is 19.4. The van der Waals surface area contributed by atoms with Gasteiger partial charge in [0.2, 0.25) is 11.8 Å². The average Bonchev–Trinajstić information content (AvgIpc) is 2.68. The second-order valence-corrected chi connectivity index (χ2v) is 7.41. The van der Waals surface area contributed by atoms with Gasteiger partial charge in [-0.1, -0.05) is 24.3 Å². The van der Waals surface area contributed by atoms with Crippen molar-refractivity contribution >= 4 is 11.8 Å². The molecule has 2 atom stereocenters. The van der Waals surface area contributed by atoms with Crippen molar-refractivity contribution in [1.82, 2.24) is 10.2 Å². The number of benzene rings is 2. The van der Waals surface area contributed by atoms with E-state index < -0.39 is 0 Å². The molecule has 28 heavy (non-hydrogen) atoms. The van der Waals surface area contributed by atoms with Crippen molar-refractivity contribution < 1.29 is 18.4 Å². The summed E-state index contributed by atoms with van der Waals surface area (Å²) in [7, 11) is 0. The Morgan fingerprint density at radius 3 is 2.61 bits per heavy atom. The van der Waals surface area contributed by atoms with E-state index in [1.165, 1.54) is 25.1 Å². The zero-order valence-corrected chi connectivity index (χ0v) is 16.0. The van der Waals surface area contributed by atoms with E-state index in [9.17, 15) is 18.4 Å². The van der Waals surface area contributed by atoms with Crippen molar-refractivity contribution in [1.29, 1.82) is 0 Å². The number of nitrogens with zero attached hydrogens (tertiary/aromatic N) is 1. The number of amides is 2. The summed E-state index contributed by atoms with van der Waals surface area (Å²) in [6.45, 7) is 4.27. The van der Waals surface area contributed by atoms with Gasteiger partial charge >= 0.3 is 0 Å². The van der Waals surface area contributed by atoms with Gasteiger partial charge in [0.05, 0.1) is 5.92 Å². The van der Waals surface area contributed by atoms with E-state index in [1.54, 1.807) is 36.1 Å². The van der Waals surface area contributed by atoms with Crippen LogP contribution < -0.4 is 5.32 Å². The lowest BCUT2D eigenvalue weighted by Crippen LogP contribution is -2.47. The van der Waals surface area contributed by atoms with Gasteiger partial charge in [-0.3, -0.25) is 9.59 Å². The minimum atomic E-state index is -0.374. The molecule has 1 N–H and O–H groups in total. The van der Waals surface area contributed by atoms with Gasteiger partial charge in [-0.25, -0.2) is 8.78 Å². The zero-order valence-electron chi connectivity index (χ0n) is 16.0. The number of likely N-dealkylation sites (tertiary alicyclic amines) is 1. The largest absolute Gasteiger partial charge is 0.352 e. The van der Waals surface area contributed by atoms with Crippen LogP contribution in [-0.4, -0.2) is 29.8 Å². The first-order chi connectivity index (χ1) is 13.3. The maximum Gasteiger partial charge on any atom is 0.225 e. The van der Waals surface area contributed by atoms with Crippen LogP contribution in [0.5, 0.6) is 0 Å². The first-order valence-electron chi connectivity index (χ1n) is 9.37. The Hall–Kier alpha value is -2.76. The number of rotatable bonds is 4. The Morgan fingerprint density at radius 2 is 1.93 bits per heavy atom. The van der Waals surface area contributed by atoms with Gasteiger partial charge in [0.25, 0.3) is 0 Å². The molecule has 2 aromatic carbocycles. The second-order valence-electron chi connectivity index (χ2n) is 7.41. The molecule has 0 radical (unpaired) electrons. The van der Waals surface area contributed by atoms with Crippen LogP contribution in [0.2, 0.25) is 0 Å². The second kappa shape index (κ2) is 8.50. The number of carbonyl (C=O) groups is 2. The average molecular weight is 386 g/mol. The molecule has 0 aromatic heterocycles. The van der Waals surface area contributed by atoms with Crippen molar-refractivity contribution in [2.24, 2.45) is 5.92 Å². The molecule has 1 aliphatic rings. The fourth-order valence-electron chi connectivity index (χ4n) is 3.69. The minimum Gasteiger partial charge on any atom is -0.352 e. The van der Waals surface area contributed by atoms with Crippen LogP contribution in [0.3, 0.4) is 0 Å². The molecule has 6 heteroatoms. The number of halogens is 2. The summed E-state index contributed by atoms with van der Waals surface area (Å²) in [4.78, 5) is 26.4.